The van der Waals surface area contributed by atoms with Crippen LogP contribution >= 0.6 is 0 Å². The molecule has 11 nitrogen and oxygen atoms in total. The van der Waals surface area contributed by atoms with Crippen molar-refractivity contribution in [3.8, 4) is 17.2 Å². The van der Waals surface area contributed by atoms with Crippen LogP contribution in [0.15, 0.2) is 42.5 Å². The van der Waals surface area contributed by atoms with Gasteiger partial charge in [-0.15, -0.1) is 0 Å². The number of methoxy groups -OCH3 is 3. The second-order valence-corrected chi connectivity index (χ2v) is 7.27. The summed E-state index contributed by atoms with van der Waals surface area (Å²) in [5.74, 6) is -1.85. The lowest BCUT2D eigenvalue weighted by Gasteiger charge is -2.18. The molecule has 0 bridgehead atoms. The fourth-order valence-electron chi connectivity index (χ4n) is 3.33. The van der Waals surface area contributed by atoms with E-state index < -0.39 is 36.2 Å². The number of nitrogens with one attached hydrogen (secondary N) is 2. The minimum atomic E-state index is -0.825. The Hall–Kier alpha value is -4.28. The summed E-state index contributed by atoms with van der Waals surface area (Å²) in [6, 6.07) is 11.4. The standard InChI is InChI=1S/C23H25N3O8/c1-31-15-8-9-17(19(11-15)33-3)24-20(27)13-34-23(30)14-10-21(28)26(12-14)25-22(29)16-6-4-5-7-18(16)32-2/h4-9,11,14H,10,12-13H2,1-3H3,(H,24,27)(H,25,29)/t14-/m0/s1. The summed E-state index contributed by atoms with van der Waals surface area (Å²) in [6.45, 7) is -0.626. The number of hydrogen-bond donors (Lipinski definition) is 2. The van der Waals surface area contributed by atoms with Crippen LogP contribution in [0.2, 0.25) is 0 Å². The third kappa shape index (κ3) is 5.74. The maximum Gasteiger partial charge on any atom is 0.311 e. The van der Waals surface area contributed by atoms with E-state index in [0.717, 1.165) is 5.01 Å². The molecule has 0 unspecified atom stereocenters. The van der Waals surface area contributed by atoms with E-state index in [1.54, 1.807) is 42.5 Å². The average molecular weight is 471 g/mol. The molecule has 1 saturated heterocycles. The van der Waals surface area contributed by atoms with Gasteiger partial charge in [0.2, 0.25) is 5.91 Å². The van der Waals surface area contributed by atoms with Crippen molar-refractivity contribution in [2.75, 3.05) is 39.8 Å². The van der Waals surface area contributed by atoms with Gasteiger partial charge in [-0.1, -0.05) is 12.1 Å². The minimum absolute atomic E-state index is 0.0769. The smallest absolute Gasteiger partial charge is 0.311 e. The van der Waals surface area contributed by atoms with Gasteiger partial charge in [-0.2, -0.15) is 0 Å². The third-order valence-electron chi connectivity index (χ3n) is 5.07. The number of para-hydroxylation sites is 1. The molecule has 1 fully saturated rings. The summed E-state index contributed by atoms with van der Waals surface area (Å²) in [5, 5.41) is 3.65. The molecule has 180 valence electrons. The number of hydrazine groups is 1. The van der Waals surface area contributed by atoms with E-state index in [1.807, 2.05) is 0 Å². The molecule has 0 aliphatic carbocycles. The van der Waals surface area contributed by atoms with Gasteiger partial charge in [0.05, 0.1) is 45.0 Å². The van der Waals surface area contributed by atoms with Crippen LogP contribution in [0.3, 0.4) is 0 Å². The molecule has 0 radical (unpaired) electrons. The van der Waals surface area contributed by atoms with Gasteiger partial charge in [-0.05, 0) is 24.3 Å². The molecule has 1 aliphatic heterocycles. The lowest BCUT2D eigenvalue weighted by atomic mass is 10.1. The molecule has 3 rings (SSSR count). The highest BCUT2D eigenvalue weighted by atomic mass is 16.5. The molecule has 0 saturated carbocycles. The average Bonchev–Trinajstić information content (AvgIpc) is 3.22. The van der Waals surface area contributed by atoms with Crippen LogP contribution in [0.5, 0.6) is 17.2 Å². The second kappa shape index (κ2) is 11.0. The predicted molar refractivity (Wildman–Crippen MR) is 119 cm³/mol. The molecule has 1 aliphatic rings. The van der Waals surface area contributed by atoms with Crippen molar-refractivity contribution in [2.45, 2.75) is 6.42 Å². The Morgan fingerprint density at radius 1 is 1.00 bits per heavy atom. The zero-order valence-corrected chi connectivity index (χ0v) is 19.0. The summed E-state index contributed by atoms with van der Waals surface area (Å²) in [4.78, 5) is 49.4. The van der Waals surface area contributed by atoms with E-state index in [-0.39, 0.29) is 18.5 Å². The number of carbonyl (C=O) groups is 4. The van der Waals surface area contributed by atoms with Gasteiger partial charge in [0.25, 0.3) is 11.8 Å². The van der Waals surface area contributed by atoms with Crippen LogP contribution < -0.4 is 25.0 Å². The highest BCUT2D eigenvalue weighted by Crippen LogP contribution is 2.29. The molecule has 1 atom stereocenters. The van der Waals surface area contributed by atoms with Crippen molar-refractivity contribution in [3.63, 3.8) is 0 Å². The molecule has 11 heteroatoms. The molecule has 2 aromatic carbocycles. The van der Waals surface area contributed by atoms with Gasteiger partial charge in [-0.3, -0.25) is 29.6 Å². The molecule has 3 amide bonds. The first-order chi connectivity index (χ1) is 16.4. The van der Waals surface area contributed by atoms with E-state index in [0.29, 0.717) is 22.9 Å². The first-order valence-corrected chi connectivity index (χ1v) is 10.3. The first kappa shape index (κ1) is 24.4. The number of hydrogen-bond acceptors (Lipinski definition) is 8. The predicted octanol–water partition coefficient (Wildman–Crippen LogP) is 1.39. The van der Waals surface area contributed by atoms with Crippen molar-refractivity contribution in [3.05, 3.63) is 48.0 Å². The number of ether oxygens (including phenoxy) is 4. The summed E-state index contributed by atoms with van der Waals surface area (Å²) in [5.41, 5.74) is 3.10. The first-order valence-electron chi connectivity index (χ1n) is 10.3. The fourth-order valence-corrected chi connectivity index (χ4v) is 3.33. The Labute approximate surface area is 195 Å². The normalized spacial score (nSPS) is 14.9. The molecular formula is C23H25N3O8. The monoisotopic (exact) mass is 471 g/mol. The van der Waals surface area contributed by atoms with E-state index >= 15 is 0 Å². The summed E-state index contributed by atoms with van der Waals surface area (Å²) in [7, 11) is 4.38. The number of carbonyl (C=O) groups excluding carboxylic acids is 4. The Morgan fingerprint density at radius 3 is 2.44 bits per heavy atom. The molecule has 1 heterocycles. The molecule has 34 heavy (non-hydrogen) atoms. The molecule has 2 N–H and O–H groups in total. The van der Waals surface area contributed by atoms with Crippen LogP contribution in [0.1, 0.15) is 16.8 Å². The number of esters is 1. The lowest BCUT2D eigenvalue weighted by Crippen LogP contribution is -2.43. The quantitative estimate of drug-likeness (QED) is 0.525. The largest absolute Gasteiger partial charge is 0.497 e. The topological polar surface area (TPSA) is 132 Å². The molecule has 0 aromatic heterocycles. The van der Waals surface area contributed by atoms with Gasteiger partial charge in [0, 0.05) is 12.5 Å². The van der Waals surface area contributed by atoms with Crippen molar-refractivity contribution in [2.24, 2.45) is 5.92 Å². The highest BCUT2D eigenvalue weighted by molar-refractivity contribution is 5.99. The van der Waals surface area contributed by atoms with Crippen LogP contribution in [-0.2, 0) is 19.1 Å². The van der Waals surface area contributed by atoms with Gasteiger partial charge < -0.3 is 24.3 Å². The summed E-state index contributed by atoms with van der Waals surface area (Å²) >= 11 is 0. The fraction of sp³-hybridized carbons (Fsp3) is 0.304. The maximum absolute atomic E-state index is 12.5. The van der Waals surface area contributed by atoms with Crippen LogP contribution in [-0.4, -0.2) is 63.2 Å². The zero-order chi connectivity index (χ0) is 24.7. The van der Waals surface area contributed by atoms with E-state index in [4.69, 9.17) is 18.9 Å². The van der Waals surface area contributed by atoms with Crippen molar-refractivity contribution in [1.82, 2.24) is 10.4 Å². The molecule has 2 aromatic rings. The van der Waals surface area contributed by atoms with Gasteiger partial charge >= 0.3 is 5.97 Å². The minimum Gasteiger partial charge on any atom is -0.497 e. The number of nitrogens with zero attached hydrogens (tertiary/aromatic N) is 1. The van der Waals surface area contributed by atoms with Gasteiger partial charge in [0.1, 0.15) is 17.2 Å². The van der Waals surface area contributed by atoms with E-state index in [1.165, 1.54) is 21.3 Å². The summed E-state index contributed by atoms with van der Waals surface area (Å²) in [6.07, 6.45) is -0.154. The Balaban J connectivity index is 1.52. The zero-order valence-electron chi connectivity index (χ0n) is 19.0. The molecular weight excluding hydrogens is 446 g/mol. The van der Waals surface area contributed by atoms with Gasteiger partial charge in [-0.25, -0.2) is 0 Å². The number of benzene rings is 2. The number of amides is 3. The summed E-state index contributed by atoms with van der Waals surface area (Å²) < 4.78 is 20.5. The second-order valence-electron chi connectivity index (χ2n) is 7.27. The van der Waals surface area contributed by atoms with E-state index in [9.17, 15) is 19.2 Å². The number of anilines is 1. The van der Waals surface area contributed by atoms with E-state index in [2.05, 4.69) is 10.7 Å². The van der Waals surface area contributed by atoms with Crippen LogP contribution in [0.4, 0.5) is 5.69 Å². The number of rotatable bonds is 9. The third-order valence-corrected chi connectivity index (χ3v) is 5.07. The highest BCUT2D eigenvalue weighted by Gasteiger charge is 2.37. The molecule has 0 spiro atoms. The lowest BCUT2D eigenvalue weighted by molar-refractivity contribution is -0.151. The van der Waals surface area contributed by atoms with Gasteiger partial charge in [0.15, 0.2) is 6.61 Å². The Morgan fingerprint density at radius 2 is 1.74 bits per heavy atom. The Bertz CT molecular complexity index is 1090. The van der Waals surface area contributed by atoms with Crippen LogP contribution in [0.25, 0.3) is 0 Å². The SMILES string of the molecule is COc1ccc(NC(=O)COC(=O)[C@H]2CC(=O)N(NC(=O)c3ccccc3OC)C2)c(OC)c1. The maximum atomic E-state index is 12.5. The van der Waals surface area contributed by atoms with Crippen molar-refractivity contribution >= 4 is 29.4 Å². The van der Waals surface area contributed by atoms with Crippen LogP contribution in [0, 0.1) is 5.92 Å². The van der Waals surface area contributed by atoms with Crippen molar-refractivity contribution < 1.29 is 38.1 Å². The van der Waals surface area contributed by atoms with Crippen molar-refractivity contribution in [1.29, 1.82) is 0 Å². The Kier molecular flexibility index (Phi) is 7.91.